The molecule has 0 radical (unpaired) electrons. The van der Waals surface area contributed by atoms with Gasteiger partial charge in [0.25, 0.3) is 11.8 Å². The summed E-state index contributed by atoms with van der Waals surface area (Å²) in [6, 6.07) is 2.00. The van der Waals surface area contributed by atoms with E-state index in [9.17, 15) is 14.4 Å². The number of carbonyl (C=O) groups is 3. The van der Waals surface area contributed by atoms with Gasteiger partial charge in [-0.05, 0) is 25.0 Å². The predicted molar refractivity (Wildman–Crippen MR) is 81.1 cm³/mol. The van der Waals surface area contributed by atoms with Crippen LogP contribution in [0.1, 0.15) is 33.6 Å². The molecule has 0 fully saturated rings. The number of nitrogens with two attached hydrogens (primary N) is 1. The highest BCUT2D eigenvalue weighted by Crippen LogP contribution is 2.31. The Kier molecular flexibility index (Phi) is 5.05. The minimum atomic E-state index is -0.774. The van der Waals surface area contributed by atoms with Gasteiger partial charge >= 0.3 is 5.97 Å². The number of halogens is 2. The Morgan fingerprint density at radius 3 is 2.18 bits per heavy atom. The highest BCUT2D eigenvalue weighted by atomic mass is 35.5. The van der Waals surface area contributed by atoms with Gasteiger partial charge in [0.05, 0.1) is 28.3 Å². The quantitative estimate of drug-likeness (QED) is 0.650. The van der Waals surface area contributed by atoms with Crippen molar-refractivity contribution >= 4 is 41.0 Å². The van der Waals surface area contributed by atoms with Crippen molar-refractivity contribution in [3.63, 3.8) is 0 Å². The SMILES string of the molecule is COC(=O)[C@@H](N)CCCN1C(=O)c2cc(Cl)c(Cl)cc2C1=O. The van der Waals surface area contributed by atoms with Crippen LogP contribution in [0.2, 0.25) is 10.0 Å². The monoisotopic (exact) mass is 344 g/mol. The Hall–Kier alpha value is -1.63. The van der Waals surface area contributed by atoms with Gasteiger partial charge in [0.2, 0.25) is 0 Å². The zero-order valence-electron chi connectivity index (χ0n) is 11.8. The maximum Gasteiger partial charge on any atom is 0.322 e. The van der Waals surface area contributed by atoms with Crippen LogP contribution in [0.15, 0.2) is 12.1 Å². The van der Waals surface area contributed by atoms with Gasteiger partial charge in [0.15, 0.2) is 0 Å². The standard InChI is InChI=1S/C14H14Cl2N2O4/c1-22-14(21)11(17)3-2-4-18-12(19)7-5-9(15)10(16)6-8(7)13(18)20/h5-6,11H,2-4,17H2,1H3/t11-/m0/s1. The summed E-state index contributed by atoms with van der Waals surface area (Å²) in [5, 5.41) is 0.437. The normalized spacial score (nSPS) is 15.0. The fourth-order valence-electron chi connectivity index (χ4n) is 2.23. The molecule has 1 atom stereocenters. The Morgan fingerprint density at radius 1 is 1.23 bits per heavy atom. The highest BCUT2D eigenvalue weighted by molar-refractivity contribution is 6.43. The van der Waals surface area contributed by atoms with Gasteiger partial charge in [0, 0.05) is 6.54 Å². The molecule has 0 bridgehead atoms. The molecule has 1 aliphatic rings. The van der Waals surface area contributed by atoms with Crippen LogP contribution in [0.5, 0.6) is 0 Å². The van der Waals surface area contributed by atoms with E-state index in [0.717, 1.165) is 4.90 Å². The van der Waals surface area contributed by atoms with E-state index in [-0.39, 0.29) is 27.7 Å². The van der Waals surface area contributed by atoms with E-state index in [1.54, 1.807) is 0 Å². The molecule has 1 aromatic carbocycles. The Bertz CT molecular complexity index is 607. The third-order valence-electron chi connectivity index (χ3n) is 3.41. The second-order valence-corrected chi connectivity index (χ2v) is 5.66. The molecule has 0 aromatic heterocycles. The molecule has 2 N–H and O–H groups in total. The number of benzene rings is 1. The van der Waals surface area contributed by atoms with Gasteiger partial charge in [-0.15, -0.1) is 0 Å². The van der Waals surface area contributed by atoms with Gasteiger partial charge in [-0.2, -0.15) is 0 Å². The molecule has 0 spiro atoms. The molecule has 1 heterocycles. The number of methoxy groups -OCH3 is 1. The van der Waals surface area contributed by atoms with Crippen LogP contribution >= 0.6 is 23.2 Å². The molecule has 0 saturated carbocycles. The number of hydrogen-bond donors (Lipinski definition) is 1. The minimum Gasteiger partial charge on any atom is -0.468 e. The zero-order valence-corrected chi connectivity index (χ0v) is 13.3. The van der Waals surface area contributed by atoms with E-state index < -0.39 is 23.8 Å². The summed E-state index contributed by atoms with van der Waals surface area (Å²) in [4.78, 5) is 36.7. The first kappa shape index (κ1) is 16.7. The Labute approximate surface area is 137 Å². The molecule has 8 heteroatoms. The molecule has 22 heavy (non-hydrogen) atoms. The van der Waals surface area contributed by atoms with E-state index >= 15 is 0 Å². The number of esters is 1. The number of carbonyl (C=O) groups excluding carboxylic acids is 3. The summed E-state index contributed by atoms with van der Waals surface area (Å²) in [5.74, 6) is -1.38. The maximum absolute atomic E-state index is 12.2. The lowest BCUT2D eigenvalue weighted by Crippen LogP contribution is -2.35. The van der Waals surface area contributed by atoms with E-state index in [2.05, 4.69) is 4.74 Å². The lowest BCUT2D eigenvalue weighted by molar-refractivity contribution is -0.142. The third kappa shape index (κ3) is 3.09. The number of rotatable bonds is 5. The van der Waals surface area contributed by atoms with Crippen LogP contribution in [0.25, 0.3) is 0 Å². The smallest absolute Gasteiger partial charge is 0.322 e. The lowest BCUT2D eigenvalue weighted by Gasteiger charge is -2.15. The first-order chi connectivity index (χ1) is 10.4. The number of ether oxygens (including phenoxy) is 1. The second-order valence-electron chi connectivity index (χ2n) is 4.85. The number of amides is 2. The molecular weight excluding hydrogens is 331 g/mol. The summed E-state index contributed by atoms with van der Waals surface area (Å²) in [6.07, 6.45) is 0.699. The van der Waals surface area contributed by atoms with Crippen molar-refractivity contribution in [3.8, 4) is 0 Å². The summed E-state index contributed by atoms with van der Waals surface area (Å²) in [6.45, 7) is 0.159. The Morgan fingerprint density at radius 2 is 1.73 bits per heavy atom. The predicted octanol–water partition coefficient (Wildman–Crippen LogP) is 1.87. The van der Waals surface area contributed by atoms with Crippen molar-refractivity contribution < 1.29 is 19.1 Å². The van der Waals surface area contributed by atoms with Crippen molar-refractivity contribution in [3.05, 3.63) is 33.3 Å². The average molecular weight is 345 g/mol. The van der Waals surface area contributed by atoms with Crippen LogP contribution < -0.4 is 5.73 Å². The second kappa shape index (κ2) is 6.64. The average Bonchev–Trinajstić information content (AvgIpc) is 2.71. The third-order valence-corrected chi connectivity index (χ3v) is 4.13. The number of nitrogens with zero attached hydrogens (tertiary/aromatic N) is 1. The van der Waals surface area contributed by atoms with Crippen LogP contribution in [-0.2, 0) is 9.53 Å². The maximum atomic E-state index is 12.2. The largest absolute Gasteiger partial charge is 0.468 e. The van der Waals surface area contributed by atoms with Crippen molar-refractivity contribution in [1.82, 2.24) is 4.90 Å². The molecule has 2 rings (SSSR count). The van der Waals surface area contributed by atoms with E-state index in [4.69, 9.17) is 28.9 Å². The van der Waals surface area contributed by atoms with E-state index in [1.165, 1.54) is 19.2 Å². The van der Waals surface area contributed by atoms with Gasteiger partial charge in [-0.25, -0.2) is 0 Å². The first-order valence-electron chi connectivity index (χ1n) is 6.55. The van der Waals surface area contributed by atoms with Crippen molar-refractivity contribution in [2.45, 2.75) is 18.9 Å². The van der Waals surface area contributed by atoms with E-state index in [0.29, 0.717) is 12.8 Å². The number of imide groups is 1. The molecule has 118 valence electrons. The topological polar surface area (TPSA) is 89.7 Å². The summed E-state index contributed by atoms with van der Waals surface area (Å²) >= 11 is 11.7. The lowest BCUT2D eigenvalue weighted by atomic mass is 10.1. The summed E-state index contributed by atoms with van der Waals surface area (Å²) in [7, 11) is 1.25. The summed E-state index contributed by atoms with van der Waals surface area (Å²) in [5.41, 5.74) is 6.07. The molecule has 0 saturated heterocycles. The molecule has 1 aromatic rings. The molecular formula is C14H14Cl2N2O4. The molecule has 0 aliphatic carbocycles. The summed E-state index contributed by atoms with van der Waals surface area (Å²) < 4.78 is 4.51. The van der Waals surface area contributed by atoms with Crippen molar-refractivity contribution in [2.24, 2.45) is 5.73 Å². The van der Waals surface area contributed by atoms with Gasteiger partial charge in [-0.3, -0.25) is 19.3 Å². The molecule has 2 amide bonds. The molecule has 1 aliphatic heterocycles. The molecule has 0 unspecified atom stereocenters. The van der Waals surface area contributed by atoms with Crippen molar-refractivity contribution in [2.75, 3.05) is 13.7 Å². The van der Waals surface area contributed by atoms with Crippen LogP contribution in [0.3, 0.4) is 0 Å². The number of fused-ring (bicyclic) bond motifs is 1. The van der Waals surface area contributed by atoms with Crippen LogP contribution in [0, 0.1) is 0 Å². The first-order valence-corrected chi connectivity index (χ1v) is 7.31. The Balaban J connectivity index is 2.04. The van der Waals surface area contributed by atoms with Gasteiger partial charge in [0.1, 0.15) is 6.04 Å². The fourth-order valence-corrected chi connectivity index (χ4v) is 2.55. The zero-order chi connectivity index (χ0) is 16.4. The highest BCUT2D eigenvalue weighted by Gasteiger charge is 2.36. The number of hydrogen-bond acceptors (Lipinski definition) is 5. The van der Waals surface area contributed by atoms with Crippen LogP contribution in [0.4, 0.5) is 0 Å². The van der Waals surface area contributed by atoms with Crippen molar-refractivity contribution in [1.29, 1.82) is 0 Å². The fraction of sp³-hybridized carbons (Fsp3) is 0.357. The minimum absolute atomic E-state index is 0.159. The van der Waals surface area contributed by atoms with Gasteiger partial charge in [-0.1, -0.05) is 23.2 Å². The molecule has 6 nitrogen and oxygen atoms in total. The van der Waals surface area contributed by atoms with Crippen LogP contribution in [-0.4, -0.2) is 42.4 Å². The van der Waals surface area contributed by atoms with Gasteiger partial charge < -0.3 is 10.5 Å². The van der Waals surface area contributed by atoms with E-state index in [1.807, 2.05) is 0 Å².